The van der Waals surface area contributed by atoms with Crippen molar-refractivity contribution in [1.82, 2.24) is 0 Å². The smallest absolute Gasteiger partial charge is 0.435 e. The summed E-state index contributed by atoms with van der Waals surface area (Å²) in [6.45, 7) is -0.367. The fourth-order valence-corrected chi connectivity index (χ4v) is 1.55. The van der Waals surface area contributed by atoms with Crippen molar-refractivity contribution in [3.05, 3.63) is 29.3 Å². The molecule has 0 radical (unpaired) electrons. The van der Waals surface area contributed by atoms with Gasteiger partial charge in [0, 0.05) is 12.2 Å². The molecule has 1 atom stereocenters. The summed E-state index contributed by atoms with van der Waals surface area (Å²) in [6, 6.07) is 3.60. The zero-order chi connectivity index (χ0) is 14.0. The molecular weight excluding hydrogens is 251 g/mol. The van der Waals surface area contributed by atoms with E-state index in [1.807, 2.05) is 0 Å². The predicted molar refractivity (Wildman–Crippen MR) is 57.9 cm³/mol. The van der Waals surface area contributed by atoms with E-state index in [4.69, 9.17) is 15.6 Å². The molecule has 0 aromatic heterocycles. The number of nitrogens with two attached hydrogens (primary N) is 1. The summed E-state index contributed by atoms with van der Waals surface area (Å²) in [5, 5.41) is 18.3. The molecule has 1 aromatic rings. The Morgan fingerprint density at radius 2 is 1.94 bits per heavy atom. The summed E-state index contributed by atoms with van der Waals surface area (Å²) in [6.07, 6.45) is -5.08. The molecule has 0 aliphatic carbocycles. The first-order chi connectivity index (χ1) is 8.24. The lowest BCUT2D eigenvalue weighted by Crippen LogP contribution is -2.50. The zero-order valence-corrected chi connectivity index (χ0v) is 9.66. The van der Waals surface area contributed by atoms with Crippen LogP contribution in [0.4, 0.5) is 13.2 Å². The molecule has 0 heterocycles. The Morgan fingerprint density at radius 1 is 1.33 bits per heavy atom. The van der Waals surface area contributed by atoms with E-state index in [2.05, 4.69) is 0 Å². The molecule has 102 valence electrons. The first kappa shape index (κ1) is 14.7. The molecule has 0 spiro atoms. The van der Waals surface area contributed by atoms with Gasteiger partial charge in [-0.1, -0.05) is 6.07 Å². The second-order valence-electron chi connectivity index (χ2n) is 3.76. The minimum Gasteiger partial charge on any atom is -0.497 e. The van der Waals surface area contributed by atoms with Gasteiger partial charge >= 0.3 is 6.18 Å². The van der Waals surface area contributed by atoms with Crippen molar-refractivity contribution in [3.63, 3.8) is 0 Å². The number of ether oxygens (including phenoxy) is 1. The van der Waals surface area contributed by atoms with Gasteiger partial charge in [0.05, 0.1) is 7.11 Å². The van der Waals surface area contributed by atoms with Gasteiger partial charge in [-0.25, -0.2) is 0 Å². The molecule has 0 amide bonds. The second-order valence-corrected chi connectivity index (χ2v) is 3.76. The Bertz CT molecular complexity index is 418. The fraction of sp³-hybridized carbons (Fsp3) is 0.455. The molecule has 4 nitrogen and oxygen atoms in total. The van der Waals surface area contributed by atoms with Gasteiger partial charge in [-0.2, -0.15) is 13.2 Å². The Balaban J connectivity index is 3.31. The third kappa shape index (κ3) is 2.74. The van der Waals surface area contributed by atoms with Crippen LogP contribution in [-0.2, 0) is 12.1 Å². The van der Waals surface area contributed by atoms with Crippen LogP contribution in [0.5, 0.6) is 5.75 Å². The van der Waals surface area contributed by atoms with Crippen molar-refractivity contribution in [3.8, 4) is 5.75 Å². The predicted octanol–water partition coefficient (Wildman–Crippen LogP) is 0.896. The maximum atomic E-state index is 12.7. The topological polar surface area (TPSA) is 75.7 Å². The van der Waals surface area contributed by atoms with Crippen molar-refractivity contribution in [2.24, 2.45) is 5.73 Å². The maximum Gasteiger partial charge on any atom is 0.435 e. The van der Waals surface area contributed by atoms with Crippen molar-refractivity contribution in [2.75, 3.05) is 13.7 Å². The molecule has 0 aliphatic rings. The quantitative estimate of drug-likeness (QED) is 0.707. The Hall–Kier alpha value is -1.31. The van der Waals surface area contributed by atoms with Crippen LogP contribution in [0.1, 0.15) is 11.1 Å². The summed E-state index contributed by atoms with van der Waals surface area (Å²) in [7, 11) is 1.36. The molecule has 7 heteroatoms. The molecule has 18 heavy (non-hydrogen) atoms. The molecule has 1 rings (SSSR count). The van der Waals surface area contributed by atoms with E-state index >= 15 is 0 Å². The molecule has 4 N–H and O–H groups in total. The van der Waals surface area contributed by atoms with Crippen LogP contribution in [-0.4, -0.2) is 30.1 Å². The number of methoxy groups -OCH3 is 1. The van der Waals surface area contributed by atoms with Crippen molar-refractivity contribution < 1.29 is 28.1 Å². The van der Waals surface area contributed by atoms with Crippen molar-refractivity contribution >= 4 is 0 Å². The Kier molecular flexibility index (Phi) is 4.20. The molecule has 0 saturated carbocycles. The lowest BCUT2D eigenvalue weighted by molar-refractivity contribution is -0.264. The molecule has 0 saturated heterocycles. The van der Waals surface area contributed by atoms with E-state index in [1.165, 1.54) is 19.2 Å². The van der Waals surface area contributed by atoms with E-state index in [9.17, 15) is 18.3 Å². The van der Waals surface area contributed by atoms with Gasteiger partial charge in [0.1, 0.15) is 5.75 Å². The highest BCUT2D eigenvalue weighted by atomic mass is 19.4. The summed E-state index contributed by atoms with van der Waals surface area (Å²) in [5.74, 6) is 0.320. The SMILES string of the molecule is COc1ccc(C(N)(O)C(F)(F)F)c(CCO)c1. The summed E-state index contributed by atoms with van der Waals surface area (Å²) in [5.41, 5.74) is 1.08. The van der Waals surface area contributed by atoms with E-state index in [0.29, 0.717) is 5.75 Å². The normalized spacial score (nSPS) is 15.3. The van der Waals surface area contributed by atoms with Crippen LogP contribution in [0.2, 0.25) is 0 Å². The molecule has 0 aliphatic heterocycles. The van der Waals surface area contributed by atoms with Gasteiger partial charge < -0.3 is 14.9 Å². The number of aliphatic hydroxyl groups excluding tert-OH is 1. The first-order valence-corrected chi connectivity index (χ1v) is 5.10. The standard InChI is InChI=1S/C11H14F3NO3/c1-18-8-2-3-9(7(6-8)4-5-16)10(15,17)11(12,13)14/h2-3,6,16-17H,4-5,15H2,1H3. The van der Waals surface area contributed by atoms with E-state index in [-0.39, 0.29) is 18.6 Å². The third-order valence-electron chi connectivity index (χ3n) is 2.54. The summed E-state index contributed by atoms with van der Waals surface area (Å²) < 4.78 is 42.8. The number of alkyl halides is 3. The number of hydrogen-bond donors (Lipinski definition) is 3. The first-order valence-electron chi connectivity index (χ1n) is 5.10. The number of aliphatic hydroxyl groups is 2. The van der Waals surface area contributed by atoms with Gasteiger partial charge in [-0.05, 0) is 24.1 Å². The lowest BCUT2D eigenvalue weighted by atomic mass is 9.95. The highest BCUT2D eigenvalue weighted by molar-refractivity contribution is 5.39. The Morgan fingerprint density at radius 3 is 2.39 bits per heavy atom. The largest absolute Gasteiger partial charge is 0.497 e. The van der Waals surface area contributed by atoms with E-state index in [1.54, 1.807) is 0 Å². The second kappa shape index (κ2) is 5.13. The number of rotatable bonds is 4. The average Bonchev–Trinajstić information content (AvgIpc) is 2.27. The average molecular weight is 265 g/mol. The van der Waals surface area contributed by atoms with Crippen LogP contribution >= 0.6 is 0 Å². The maximum absolute atomic E-state index is 12.7. The molecule has 0 bridgehead atoms. The van der Waals surface area contributed by atoms with Gasteiger partial charge in [0.2, 0.25) is 5.72 Å². The van der Waals surface area contributed by atoms with Gasteiger partial charge in [0.15, 0.2) is 0 Å². The third-order valence-corrected chi connectivity index (χ3v) is 2.54. The van der Waals surface area contributed by atoms with Crippen LogP contribution < -0.4 is 10.5 Å². The number of halogens is 3. The zero-order valence-electron chi connectivity index (χ0n) is 9.66. The molecule has 0 fully saturated rings. The Labute approximate surface area is 102 Å². The minimum absolute atomic E-state index is 0.0673. The number of hydrogen-bond acceptors (Lipinski definition) is 4. The molecule has 1 unspecified atom stereocenters. The van der Waals surface area contributed by atoms with Crippen molar-refractivity contribution in [2.45, 2.75) is 18.3 Å². The highest BCUT2D eigenvalue weighted by Gasteiger charge is 2.53. The molecular formula is C11H14F3NO3. The van der Waals surface area contributed by atoms with Crippen LogP contribution in [0.25, 0.3) is 0 Å². The van der Waals surface area contributed by atoms with E-state index < -0.39 is 17.5 Å². The summed E-state index contributed by atoms with van der Waals surface area (Å²) >= 11 is 0. The van der Waals surface area contributed by atoms with Gasteiger partial charge in [-0.15, -0.1) is 0 Å². The summed E-state index contributed by atoms with van der Waals surface area (Å²) in [4.78, 5) is 0. The van der Waals surface area contributed by atoms with Crippen LogP contribution in [0.3, 0.4) is 0 Å². The van der Waals surface area contributed by atoms with Crippen molar-refractivity contribution in [1.29, 1.82) is 0 Å². The lowest BCUT2D eigenvalue weighted by Gasteiger charge is -2.28. The van der Waals surface area contributed by atoms with Gasteiger partial charge in [0.25, 0.3) is 0 Å². The number of benzene rings is 1. The fourth-order valence-electron chi connectivity index (χ4n) is 1.55. The minimum atomic E-state index is -5.01. The highest BCUT2D eigenvalue weighted by Crippen LogP contribution is 2.37. The van der Waals surface area contributed by atoms with Gasteiger partial charge in [-0.3, -0.25) is 5.73 Å². The molecule has 1 aromatic carbocycles. The van der Waals surface area contributed by atoms with Crippen LogP contribution in [0.15, 0.2) is 18.2 Å². The van der Waals surface area contributed by atoms with E-state index in [0.717, 1.165) is 6.07 Å². The van der Waals surface area contributed by atoms with Crippen LogP contribution in [0, 0.1) is 0 Å². The monoisotopic (exact) mass is 265 g/mol.